The molecule has 1 rings (SSSR count). The van der Waals surface area contributed by atoms with Crippen LogP contribution in [0.5, 0.6) is 0 Å². The van der Waals surface area contributed by atoms with Gasteiger partial charge in [0.1, 0.15) is 12.2 Å². The topological polar surface area (TPSA) is 71.1 Å². The van der Waals surface area contributed by atoms with Gasteiger partial charge in [0.15, 0.2) is 0 Å². The Morgan fingerprint density at radius 2 is 1.50 bits per heavy atom. The van der Waals surface area contributed by atoms with E-state index in [-0.39, 0.29) is 12.2 Å². The third kappa shape index (κ3) is 6.63. The van der Waals surface area contributed by atoms with Gasteiger partial charge in [-0.05, 0) is 38.0 Å². The number of hydrogen-bond donors (Lipinski definition) is 0. The van der Waals surface area contributed by atoms with Gasteiger partial charge in [-0.15, -0.1) is 0 Å². The van der Waals surface area contributed by atoms with Gasteiger partial charge in [0.2, 0.25) is 0 Å². The molecule has 0 spiro atoms. The molecule has 1 aliphatic carbocycles. The average molecular weight is 288 g/mol. The second kappa shape index (κ2) is 8.66. The van der Waals surface area contributed by atoms with Crippen molar-refractivity contribution in [1.29, 1.82) is 0 Å². The molecule has 1 fully saturated rings. The molecule has 1 saturated carbocycles. The summed E-state index contributed by atoms with van der Waals surface area (Å²) < 4.78 is 19.7. The molecule has 116 valence electrons. The summed E-state index contributed by atoms with van der Waals surface area (Å²) in [6.45, 7) is 4.52. The van der Waals surface area contributed by atoms with Gasteiger partial charge < -0.3 is 18.9 Å². The third-order valence-corrected chi connectivity index (χ3v) is 3.23. The fourth-order valence-corrected chi connectivity index (χ4v) is 2.00. The van der Waals surface area contributed by atoms with Gasteiger partial charge in [0, 0.05) is 0 Å². The minimum absolute atomic E-state index is 0.153. The maximum Gasteiger partial charge on any atom is 0.508 e. The fourth-order valence-electron chi connectivity index (χ4n) is 2.00. The average Bonchev–Trinajstić information content (AvgIpc) is 2.40. The van der Waals surface area contributed by atoms with Crippen LogP contribution in [0.2, 0.25) is 0 Å². The fraction of sp³-hybridized carbons (Fsp3) is 0.857. The highest BCUT2D eigenvalue weighted by atomic mass is 16.7. The van der Waals surface area contributed by atoms with Crippen LogP contribution in [0, 0.1) is 5.92 Å². The number of carbonyl (C=O) groups excluding carboxylic acids is 2. The first-order chi connectivity index (χ1) is 9.51. The first-order valence-corrected chi connectivity index (χ1v) is 7.09. The molecule has 1 aliphatic rings. The SMILES string of the molecule is COC(=O)OC1CCC(OC(=O)OCCC(C)C)CC1. The Kier molecular flexibility index (Phi) is 7.18. The molecular formula is C14H24O6. The zero-order valence-electron chi connectivity index (χ0n) is 12.4. The lowest BCUT2D eigenvalue weighted by molar-refractivity contribution is -0.0234. The zero-order valence-corrected chi connectivity index (χ0v) is 12.4. The summed E-state index contributed by atoms with van der Waals surface area (Å²) in [5.41, 5.74) is 0. The van der Waals surface area contributed by atoms with Crippen molar-refractivity contribution in [2.24, 2.45) is 5.92 Å². The smallest absolute Gasteiger partial charge is 0.438 e. The Bertz CT molecular complexity index is 307. The second-order valence-electron chi connectivity index (χ2n) is 5.37. The van der Waals surface area contributed by atoms with Crippen LogP contribution in [0.3, 0.4) is 0 Å². The largest absolute Gasteiger partial charge is 0.508 e. The van der Waals surface area contributed by atoms with E-state index in [4.69, 9.17) is 14.2 Å². The molecular weight excluding hydrogens is 264 g/mol. The van der Waals surface area contributed by atoms with Crippen LogP contribution in [0.15, 0.2) is 0 Å². The molecule has 0 bridgehead atoms. The number of methoxy groups -OCH3 is 1. The Morgan fingerprint density at radius 1 is 1.00 bits per heavy atom. The van der Waals surface area contributed by atoms with Crippen LogP contribution < -0.4 is 0 Å². The monoisotopic (exact) mass is 288 g/mol. The van der Waals surface area contributed by atoms with Gasteiger partial charge in [-0.3, -0.25) is 0 Å². The molecule has 0 atom stereocenters. The van der Waals surface area contributed by atoms with E-state index in [0.29, 0.717) is 38.2 Å². The lowest BCUT2D eigenvalue weighted by Crippen LogP contribution is -2.30. The van der Waals surface area contributed by atoms with Gasteiger partial charge in [0.25, 0.3) is 0 Å². The van der Waals surface area contributed by atoms with Crippen molar-refractivity contribution in [2.45, 2.75) is 58.2 Å². The van der Waals surface area contributed by atoms with E-state index in [1.807, 2.05) is 0 Å². The van der Waals surface area contributed by atoms with Gasteiger partial charge in [-0.2, -0.15) is 0 Å². The zero-order chi connectivity index (χ0) is 15.0. The molecule has 6 heteroatoms. The minimum atomic E-state index is -0.664. The van der Waals surface area contributed by atoms with E-state index in [2.05, 4.69) is 18.6 Å². The highest BCUT2D eigenvalue weighted by Crippen LogP contribution is 2.24. The Hall–Kier alpha value is -1.46. The third-order valence-electron chi connectivity index (χ3n) is 3.23. The Morgan fingerprint density at radius 3 is 1.95 bits per heavy atom. The molecule has 0 saturated heterocycles. The molecule has 0 radical (unpaired) electrons. The molecule has 0 aromatic carbocycles. The quantitative estimate of drug-likeness (QED) is 0.723. The molecule has 0 aromatic rings. The van der Waals surface area contributed by atoms with E-state index in [1.54, 1.807) is 0 Å². The van der Waals surface area contributed by atoms with Crippen molar-refractivity contribution in [1.82, 2.24) is 0 Å². The summed E-state index contributed by atoms with van der Waals surface area (Å²) in [5.74, 6) is 0.494. The summed E-state index contributed by atoms with van der Waals surface area (Å²) in [6.07, 6.45) is 1.91. The molecule has 6 nitrogen and oxygen atoms in total. The number of hydrogen-bond acceptors (Lipinski definition) is 6. The maximum absolute atomic E-state index is 11.4. The van der Waals surface area contributed by atoms with Crippen molar-refractivity contribution in [3.63, 3.8) is 0 Å². The molecule has 0 aromatic heterocycles. The lowest BCUT2D eigenvalue weighted by atomic mass is 9.95. The van der Waals surface area contributed by atoms with Crippen LogP contribution in [0.1, 0.15) is 46.0 Å². The lowest BCUT2D eigenvalue weighted by Gasteiger charge is -2.27. The van der Waals surface area contributed by atoms with E-state index in [1.165, 1.54) is 7.11 Å². The van der Waals surface area contributed by atoms with Gasteiger partial charge >= 0.3 is 12.3 Å². The van der Waals surface area contributed by atoms with Crippen LogP contribution in [0.4, 0.5) is 9.59 Å². The summed E-state index contributed by atoms with van der Waals surface area (Å²) in [4.78, 5) is 22.4. The van der Waals surface area contributed by atoms with Crippen LogP contribution >= 0.6 is 0 Å². The number of ether oxygens (including phenoxy) is 4. The van der Waals surface area contributed by atoms with E-state index in [0.717, 1.165) is 6.42 Å². The second-order valence-corrected chi connectivity index (χ2v) is 5.37. The Balaban J connectivity index is 2.15. The first-order valence-electron chi connectivity index (χ1n) is 7.09. The standard InChI is InChI=1S/C14H24O6/c1-10(2)8-9-18-14(16)20-12-6-4-11(5-7-12)19-13(15)17-3/h10-12H,4-9H2,1-3H3. The van der Waals surface area contributed by atoms with Crippen molar-refractivity contribution in [2.75, 3.05) is 13.7 Å². The predicted molar refractivity (Wildman–Crippen MR) is 71.4 cm³/mol. The maximum atomic E-state index is 11.4. The molecule has 20 heavy (non-hydrogen) atoms. The first kappa shape index (κ1) is 16.6. The van der Waals surface area contributed by atoms with Crippen LogP contribution in [-0.2, 0) is 18.9 Å². The van der Waals surface area contributed by atoms with Crippen molar-refractivity contribution in [3.05, 3.63) is 0 Å². The minimum Gasteiger partial charge on any atom is -0.438 e. The predicted octanol–water partition coefficient (Wildman–Crippen LogP) is 3.28. The normalized spacial score (nSPS) is 22.2. The number of rotatable bonds is 5. The van der Waals surface area contributed by atoms with E-state index in [9.17, 15) is 9.59 Å². The van der Waals surface area contributed by atoms with Crippen LogP contribution in [0.25, 0.3) is 0 Å². The highest BCUT2D eigenvalue weighted by molar-refractivity contribution is 5.60. The molecule has 0 N–H and O–H groups in total. The highest BCUT2D eigenvalue weighted by Gasteiger charge is 2.26. The van der Waals surface area contributed by atoms with E-state index >= 15 is 0 Å². The van der Waals surface area contributed by atoms with Gasteiger partial charge in [-0.1, -0.05) is 13.8 Å². The molecule has 0 amide bonds. The van der Waals surface area contributed by atoms with Crippen molar-refractivity contribution < 1.29 is 28.5 Å². The molecule has 0 unspecified atom stereocenters. The summed E-state index contributed by atoms with van der Waals surface area (Å²) >= 11 is 0. The summed E-state index contributed by atoms with van der Waals surface area (Å²) in [6, 6.07) is 0. The van der Waals surface area contributed by atoms with E-state index < -0.39 is 12.3 Å². The van der Waals surface area contributed by atoms with Gasteiger partial charge in [-0.25, -0.2) is 9.59 Å². The van der Waals surface area contributed by atoms with Gasteiger partial charge in [0.05, 0.1) is 13.7 Å². The molecule has 0 heterocycles. The van der Waals surface area contributed by atoms with Crippen molar-refractivity contribution in [3.8, 4) is 0 Å². The Labute approximate surface area is 119 Å². The number of carbonyl (C=O) groups is 2. The van der Waals surface area contributed by atoms with Crippen molar-refractivity contribution >= 4 is 12.3 Å². The summed E-state index contributed by atoms with van der Waals surface area (Å²) in [5, 5.41) is 0. The molecule has 0 aliphatic heterocycles. The summed E-state index contributed by atoms with van der Waals surface area (Å²) in [7, 11) is 1.28. The van der Waals surface area contributed by atoms with Crippen LogP contribution in [-0.4, -0.2) is 38.2 Å².